The second-order valence-corrected chi connectivity index (χ2v) is 11.7. The van der Waals surface area contributed by atoms with Crippen LogP contribution in [0.3, 0.4) is 0 Å². The van der Waals surface area contributed by atoms with Gasteiger partial charge in [-0.25, -0.2) is 9.59 Å². The van der Waals surface area contributed by atoms with E-state index in [1.807, 2.05) is 0 Å². The molecule has 0 amide bonds. The molecule has 0 spiro atoms. The number of ether oxygens (including phenoxy) is 6. The lowest BCUT2D eigenvalue weighted by molar-refractivity contribution is 0.0361. The number of phenolic OH excluding ortho intramolecular Hbond substituents is 4. The highest BCUT2D eigenvalue weighted by Crippen LogP contribution is 2.33. The Morgan fingerprint density at radius 3 is 1.38 bits per heavy atom. The number of esters is 2. The summed E-state index contributed by atoms with van der Waals surface area (Å²) >= 11 is 0. The predicted octanol–water partition coefficient (Wildman–Crippen LogP) is 6.06. The fourth-order valence-electron chi connectivity index (χ4n) is 5.57. The smallest absolute Gasteiger partial charge is 0.338 e. The maximum atomic E-state index is 13.3. The van der Waals surface area contributed by atoms with E-state index in [9.17, 15) is 30.0 Å². The summed E-state index contributed by atoms with van der Waals surface area (Å²) in [5, 5.41) is 40.3. The Labute approximate surface area is 290 Å². The average molecular weight is 691 g/mol. The second kappa shape index (κ2) is 17.6. The molecule has 0 saturated heterocycles. The Morgan fingerprint density at radius 1 is 0.540 bits per heavy atom. The zero-order valence-electron chi connectivity index (χ0n) is 28.4. The first-order valence-electron chi connectivity index (χ1n) is 15.9. The van der Waals surface area contributed by atoms with Crippen molar-refractivity contribution in [2.45, 2.75) is 25.7 Å². The van der Waals surface area contributed by atoms with Crippen LogP contribution in [0.4, 0.5) is 0 Å². The van der Waals surface area contributed by atoms with Crippen LogP contribution in [0.1, 0.15) is 44.7 Å². The van der Waals surface area contributed by atoms with E-state index in [0.717, 1.165) is 0 Å². The van der Waals surface area contributed by atoms with Crippen molar-refractivity contribution < 1.29 is 58.4 Å². The highest BCUT2D eigenvalue weighted by molar-refractivity contribution is 5.91. The van der Waals surface area contributed by atoms with Crippen LogP contribution < -0.4 is 18.9 Å². The molecule has 0 aliphatic carbocycles. The Kier molecular flexibility index (Phi) is 13.0. The van der Waals surface area contributed by atoms with Gasteiger partial charge in [-0.05, 0) is 91.3 Å². The molecule has 50 heavy (non-hydrogen) atoms. The third kappa shape index (κ3) is 10.1. The Bertz CT molecular complexity index is 1720. The number of aromatic hydroxyl groups is 4. The van der Waals surface area contributed by atoms with E-state index in [1.165, 1.54) is 52.7 Å². The minimum Gasteiger partial charge on any atom is -0.504 e. The second-order valence-electron chi connectivity index (χ2n) is 11.7. The molecule has 0 aliphatic heterocycles. The zero-order valence-corrected chi connectivity index (χ0v) is 28.4. The van der Waals surface area contributed by atoms with Gasteiger partial charge in [0, 0.05) is 18.1 Å². The summed E-state index contributed by atoms with van der Waals surface area (Å²) in [4.78, 5) is 26.2. The van der Waals surface area contributed by atoms with Crippen LogP contribution in [0, 0.1) is 11.8 Å². The number of phenols is 4. The molecule has 0 radical (unpaired) electrons. The summed E-state index contributed by atoms with van der Waals surface area (Å²) in [5.41, 5.74) is 1.89. The molecule has 12 nitrogen and oxygen atoms in total. The van der Waals surface area contributed by atoms with Crippen LogP contribution in [-0.4, -0.2) is 74.0 Å². The topological polar surface area (TPSA) is 170 Å². The monoisotopic (exact) mass is 690 g/mol. The lowest BCUT2D eigenvalue weighted by Gasteiger charge is -2.28. The van der Waals surface area contributed by atoms with Crippen LogP contribution in [0.5, 0.6) is 46.0 Å². The van der Waals surface area contributed by atoms with E-state index in [2.05, 4.69) is 0 Å². The van der Waals surface area contributed by atoms with Gasteiger partial charge in [0.05, 0.1) is 52.8 Å². The van der Waals surface area contributed by atoms with Crippen molar-refractivity contribution in [1.29, 1.82) is 0 Å². The third-order valence-electron chi connectivity index (χ3n) is 8.30. The van der Waals surface area contributed by atoms with Crippen LogP contribution in [0.25, 0.3) is 0 Å². The van der Waals surface area contributed by atoms with E-state index < -0.39 is 11.9 Å². The Hall–Kier alpha value is -5.78. The number of carbonyl (C=O) groups excluding carboxylic acids is 2. The Morgan fingerprint density at radius 2 is 0.960 bits per heavy atom. The summed E-state index contributed by atoms with van der Waals surface area (Å²) in [6, 6.07) is 18.5. The molecule has 0 fully saturated rings. The van der Waals surface area contributed by atoms with Gasteiger partial charge in [-0.1, -0.05) is 12.1 Å². The first kappa shape index (κ1) is 37.0. The van der Waals surface area contributed by atoms with Crippen LogP contribution >= 0.6 is 0 Å². The number of methoxy groups -OCH3 is 4. The summed E-state index contributed by atoms with van der Waals surface area (Å²) in [6.45, 7) is 0.0317. The summed E-state index contributed by atoms with van der Waals surface area (Å²) in [7, 11) is 5.92. The first-order valence-corrected chi connectivity index (χ1v) is 15.9. The standard InChI is InChI=1S/C38H42O12/c1-45-29-16-26(17-30(20-29)46-2)37(43)49-11-5-6-25(12-23-7-9-33(39)35(41)14-23)28(13-24-8-10-34(40)36(42)15-24)22-50-38(44)27-18-31(47-3)21-32(19-27)48-4/h7-10,14-21,25,28,39-42H,5-6,11-13,22H2,1-4H3/t25-,28+/m1/s1. The molecule has 2 atom stereocenters. The maximum absolute atomic E-state index is 13.3. The van der Waals surface area contributed by atoms with Crippen molar-refractivity contribution >= 4 is 11.9 Å². The Balaban J connectivity index is 1.58. The lowest BCUT2D eigenvalue weighted by atomic mass is 9.80. The van der Waals surface area contributed by atoms with Gasteiger partial charge in [0.2, 0.25) is 0 Å². The van der Waals surface area contributed by atoms with Gasteiger partial charge in [-0.15, -0.1) is 0 Å². The SMILES string of the molecule is COc1cc(OC)cc(C(=O)OCCC[C@H](Cc2ccc(O)c(O)c2)[C@H](COC(=O)c2cc(OC)cc(OC)c2)Cc2ccc(O)c(O)c2)c1. The molecule has 0 aliphatic rings. The number of hydrogen-bond donors (Lipinski definition) is 4. The van der Waals surface area contributed by atoms with E-state index in [1.54, 1.807) is 48.5 Å². The molecule has 4 aromatic rings. The summed E-state index contributed by atoms with van der Waals surface area (Å²) in [6.07, 6.45) is 1.66. The third-order valence-corrected chi connectivity index (χ3v) is 8.30. The van der Waals surface area contributed by atoms with E-state index in [4.69, 9.17) is 28.4 Å². The van der Waals surface area contributed by atoms with Gasteiger partial charge in [0.1, 0.15) is 23.0 Å². The predicted molar refractivity (Wildman–Crippen MR) is 183 cm³/mol. The quantitative estimate of drug-likeness (QED) is 0.0575. The zero-order chi connectivity index (χ0) is 36.2. The summed E-state index contributed by atoms with van der Waals surface area (Å²) in [5.74, 6) is -1.12. The molecule has 0 bridgehead atoms. The van der Waals surface area contributed by atoms with Crippen LogP contribution in [-0.2, 0) is 22.3 Å². The number of benzene rings is 4. The molecule has 4 aromatic carbocycles. The molecule has 4 rings (SSSR count). The van der Waals surface area contributed by atoms with Gasteiger partial charge < -0.3 is 48.8 Å². The van der Waals surface area contributed by atoms with Gasteiger partial charge in [-0.2, -0.15) is 0 Å². The van der Waals surface area contributed by atoms with E-state index >= 15 is 0 Å². The minimum absolute atomic E-state index is 0.0435. The molecule has 12 heteroatoms. The largest absolute Gasteiger partial charge is 0.504 e. The molecule has 0 unspecified atom stereocenters. The average Bonchev–Trinajstić information content (AvgIpc) is 3.13. The normalized spacial score (nSPS) is 12.0. The van der Waals surface area contributed by atoms with Crippen molar-refractivity contribution in [2.75, 3.05) is 41.7 Å². The van der Waals surface area contributed by atoms with Gasteiger partial charge in [0.25, 0.3) is 0 Å². The lowest BCUT2D eigenvalue weighted by Crippen LogP contribution is -2.26. The van der Waals surface area contributed by atoms with Crippen molar-refractivity contribution in [1.82, 2.24) is 0 Å². The molecule has 4 N–H and O–H groups in total. The first-order chi connectivity index (χ1) is 24.0. The number of carbonyl (C=O) groups is 2. The highest BCUT2D eigenvalue weighted by atomic mass is 16.5. The van der Waals surface area contributed by atoms with Crippen molar-refractivity contribution in [3.63, 3.8) is 0 Å². The van der Waals surface area contributed by atoms with Crippen LogP contribution in [0.2, 0.25) is 0 Å². The van der Waals surface area contributed by atoms with Crippen molar-refractivity contribution in [3.8, 4) is 46.0 Å². The van der Waals surface area contributed by atoms with E-state index in [-0.39, 0.29) is 59.2 Å². The van der Waals surface area contributed by atoms with E-state index in [0.29, 0.717) is 59.8 Å². The highest BCUT2D eigenvalue weighted by Gasteiger charge is 2.26. The van der Waals surface area contributed by atoms with Gasteiger partial charge in [0.15, 0.2) is 23.0 Å². The molecule has 0 saturated carbocycles. The van der Waals surface area contributed by atoms with Crippen molar-refractivity contribution in [2.24, 2.45) is 11.8 Å². The molecular formula is C38H42O12. The summed E-state index contributed by atoms with van der Waals surface area (Å²) < 4.78 is 32.6. The molecule has 0 heterocycles. The van der Waals surface area contributed by atoms with Crippen LogP contribution in [0.15, 0.2) is 72.8 Å². The molecule has 266 valence electrons. The molecular weight excluding hydrogens is 648 g/mol. The fraction of sp³-hybridized carbons (Fsp3) is 0.316. The van der Waals surface area contributed by atoms with Crippen molar-refractivity contribution in [3.05, 3.63) is 95.1 Å². The van der Waals surface area contributed by atoms with Gasteiger partial charge >= 0.3 is 11.9 Å². The van der Waals surface area contributed by atoms with Gasteiger partial charge in [-0.3, -0.25) is 0 Å². The fourth-order valence-corrected chi connectivity index (χ4v) is 5.57. The maximum Gasteiger partial charge on any atom is 0.338 e. The minimum atomic E-state index is -0.607. The number of hydrogen-bond acceptors (Lipinski definition) is 12. The molecule has 0 aromatic heterocycles. The number of rotatable bonds is 17.